The summed E-state index contributed by atoms with van der Waals surface area (Å²) in [6, 6.07) is 2.54. The van der Waals surface area contributed by atoms with Crippen LogP contribution < -0.4 is 0 Å². The second-order valence-corrected chi connectivity index (χ2v) is 10.4. The summed E-state index contributed by atoms with van der Waals surface area (Å²) in [6.45, 7) is 5.99. The molecule has 2 rings (SSSR count). The molecule has 124 valence electrons. The van der Waals surface area contributed by atoms with Gasteiger partial charge >= 0.3 is 8.56 Å². The molecule has 0 atom stereocenters. The average Bonchev–Trinajstić information content (AvgIpc) is 2.50. The van der Waals surface area contributed by atoms with Crippen LogP contribution in [-0.4, -0.2) is 21.8 Å². The summed E-state index contributed by atoms with van der Waals surface area (Å²) in [5.41, 5.74) is 0. The van der Waals surface area contributed by atoms with Crippen LogP contribution in [0.2, 0.25) is 12.1 Å². The van der Waals surface area contributed by atoms with Crippen LogP contribution in [0.4, 0.5) is 0 Å². The van der Waals surface area contributed by atoms with E-state index in [1.165, 1.54) is 76.3 Å². The summed E-state index contributed by atoms with van der Waals surface area (Å²) >= 11 is 0. The van der Waals surface area contributed by atoms with Crippen molar-refractivity contribution in [3.63, 3.8) is 0 Å². The van der Waals surface area contributed by atoms with Gasteiger partial charge in [0.15, 0.2) is 0 Å². The van der Waals surface area contributed by atoms with Crippen molar-refractivity contribution in [1.82, 2.24) is 0 Å². The first-order valence-corrected chi connectivity index (χ1v) is 11.8. The first-order chi connectivity index (χ1) is 10.3. The summed E-state index contributed by atoms with van der Waals surface area (Å²) in [7, 11) is -1.97. The molecule has 0 saturated heterocycles. The fourth-order valence-electron chi connectivity index (χ4n) is 4.55. The topological polar surface area (TPSA) is 18.5 Å². The maximum atomic E-state index is 6.39. The highest BCUT2D eigenvalue weighted by Crippen LogP contribution is 2.38. The summed E-state index contributed by atoms with van der Waals surface area (Å²) in [5, 5.41) is 0. The number of hydrogen-bond acceptors (Lipinski definition) is 2. The fraction of sp³-hybridized carbons (Fsp3) is 1.00. The van der Waals surface area contributed by atoms with E-state index in [1.807, 2.05) is 0 Å². The second-order valence-electron chi connectivity index (χ2n) is 7.19. The molecule has 0 unspecified atom stereocenters. The van der Waals surface area contributed by atoms with E-state index in [-0.39, 0.29) is 0 Å². The smallest absolute Gasteiger partial charge is 0.338 e. The predicted molar refractivity (Wildman–Crippen MR) is 91.8 cm³/mol. The van der Waals surface area contributed by atoms with E-state index in [1.54, 1.807) is 0 Å². The lowest BCUT2D eigenvalue weighted by Crippen LogP contribution is -2.46. The number of rotatable bonds is 8. The molecule has 0 aromatic heterocycles. The first-order valence-electron chi connectivity index (χ1n) is 9.56. The Hall–Kier alpha value is 0.137. The minimum Gasteiger partial charge on any atom is -0.394 e. The molecule has 0 spiro atoms. The molecule has 3 heteroatoms. The van der Waals surface area contributed by atoms with Crippen LogP contribution in [-0.2, 0) is 8.85 Å². The maximum Gasteiger partial charge on any atom is 0.338 e. The zero-order chi connectivity index (χ0) is 15.0. The van der Waals surface area contributed by atoms with E-state index >= 15 is 0 Å². The maximum absolute atomic E-state index is 6.39. The largest absolute Gasteiger partial charge is 0.394 e. The van der Waals surface area contributed by atoms with Gasteiger partial charge in [-0.05, 0) is 37.8 Å². The van der Waals surface area contributed by atoms with E-state index in [0.29, 0.717) is 0 Å². The van der Waals surface area contributed by atoms with E-state index in [0.717, 1.165) is 25.0 Å². The molecule has 2 fully saturated rings. The molecule has 0 radical (unpaired) electrons. The average molecular weight is 313 g/mol. The molecule has 0 heterocycles. The molecular formula is C18H36O2Si. The fourth-order valence-corrected chi connectivity index (χ4v) is 8.90. The van der Waals surface area contributed by atoms with Crippen LogP contribution in [0, 0.1) is 11.8 Å². The third-order valence-electron chi connectivity index (χ3n) is 5.46. The Morgan fingerprint density at radius 2 is 1.05 bits per heavy atom. The van der Waals surface area contributed by atoms with Crippen molar-refractivity contribution in [2.24, 2.45) is 11.8 Å². The lowest BCUT2D eigenvalue weighted by Gasteiger charge is -2.37. The van der Waals surface area contributed by atoms with Crippen molar-refractivity contribution in [1.29, 1.82) is 0 Å². The standard InChI is InChI=1S/C18H36O2Si/c1-3-19-21(20-4-2,15-17-11-7-5-8-12-17)16-18-13-9-6-10-14-18/h17-18H,3-16H2,1-2H3. The highest BCUT2D eigenvalue weighted by Gasteiger charge is 2.42. The summed E-state index contributed by atoms with van der Waals surface area (Å²) in [5.74, 6) is 1.76. The monoisotopic (exact) mass is 312 g/mol. The van der Waals surface area contributed by atoms with Gasteiger partial charge in [-0.25, -0.2) is 0 Å². The van der Waals surface area contributed by atoms with Gasteiger partial charge in [-0.1, -0.05) is 64.2 Å². The molecule has 0 bridgehead atoms. The third kappa shape index (κ3) is 5.68. The van der Waals surface area contributed by atoms with Crippen molar-refractivity contribution in [3.8, 4) is 0 Å². The van der Waals surface area contributed by atoms with Crippen molar-refractivity contribution >= 4 is 8.56 Å². The first kappa shape index (κ1) is 17.5. The minimum absolute atomic E-state index is 0.839. The van der Waals surface area contributed by atoms with E-state index in [2.05, 4.69) is 13.8 Å². The highest BCUT2D eigenvalue weighted by molar-refractivity contribution is 6.67. The van der Waals surface area contributed by atoms with Crippen LogP contribution in [0.15, 0.2) is 0 Å². The lowest BCUT2D eigenvalue weighted by molar-refractivity contribution is 0.163. The SMILES string of the molecule is CCO[Si](CC1CCCCC1)(CC1CCCCC1)OCC. The minimum atomic E-state index is -1.97. The van der Waals surface area contributed by atoms with Gasteiger partial charge in [0.2, 0.25) is 0 Å². The zero-order valence-electron chi connectivity index (χ0n) is 14.4. The molecule has 0 aromatic carbocycles. The van der Waals surface area contributed by atoms with Gasteiger partial charge in [0.1, 0.15) is 0 Å². The summed E-state index contributed by atoms with van der Waals surface area (Å²) < 4.78 is 12.8. The summed E-state index contributed by atoms with van der Waals surface area (Å²) in [6.07, 6.45) is 14.3. The van der Waals surface area contributed by atoms with E-state index in [9.17, 15) is 0 Å². The van der Waals surface area contributed by atoms with Crippen molar-refractivity contribution in [2.75, 3.05) is 13.2 Å². The molecule has 0 aromatic rings. The van der Waals surface area contributed by atoms with E-state index < -0.39 is 8.56 Å². The van der Waals surface area contributed by atoms with Gasteiger partial charge in [0.25, 0.3) is 0 Å². The Morgan fingerprint density at radius 1 is 0.667 bits per heavy atom. The van der Waals surface area contributed by atoms with E-state index in [4.69, 9.17) is 8.85 Å². The zero-order valence-corrected chi connectivity index (χ0v) is 15.4. The Labute approximate surface area is 133 Å². The number of hydrogen-bond donors (Lipinski definition) is 0. The Balaban J connectivity index is 1.98. The van der Waals surface area contributed by atoms with Gasteiger partial charge in [-0.15, -0.1) is 0 Å². The Kier molecular flexibility index (Phi) is 7.76. The molecule has 0 amide bonds. The van der Waals surface area contributed by atoms with Crippen LogP contribution in [0.1, 0.15) is 78.1 Å². The van der Waals surface area contributed by atoms with Crippen LogP contribution in [0.5, 0.6) is 0 Å². The molecule has 0 aliphatic heterocycles. The lowest BCUT2D eigenvalue weighted by atomic mass is 9.90. The summed E-state index contributed by atoms with van der Waals surface area (Å²) in [4.78, 5) is 0. The van der Waals surface area contributed by atoms with Crippen molar-refractivity contribution < 1.29 is 8.85 Å². The molecule has 2 aliphatic rings. The van der Waals surface area contributed by atoms with Crippen molar-refractivity contribution in [2.45, 2.75) is 90.1 Å². The molecule has 2 saturated carbocycles. The van der Waals surface area contributed by atoms with Gasteiger partial charge in [0, 0.05) is 13.2 Å². The molecule has 2 nitrogen and oxygen atoms in total. The molecular weight excluding hydrogens is 276 g/mol. The van der Waals surface area contributed by atoms with Crippen LogP contribution in [0.25, 0.3) is 0 Å². The molecule has 21 heavy (non-hydrogen) atoms. The molecule has 2 aliphatic carbocycles. The Bertz CT molecular complexity index is 242. The van der Waals surface area contributed by atoms with Gasteiger partial charge in [-0.3, -0.25) is 0 Å². The molecule has 0 N–H and O–H groups in total. The quantitative estimate of drug-likeness (QED) is 0.538. The highest BCUT2D eigenvalue weighted by atomic mass is 28.4. The third-order valence-corrected chi connectivity index (χ3v) is 9.49. The van der Waals surface area contributed by atoms with Crippen LogP contribution in [0.3, 0.4) is 0 Å². The van der Waals surface area contributed by atoms with Gasteiger partial charge < -0.3 is 8.85 Å². The Morgan fingerprint density at radius 3 is 1.38 bits per heavy atom. The van der Waals surface area contributed by atoms with Crippen LogP contribution >= 0.6 is 0 Å². The van der Waals surface area contributed by atoms with Gasteiger partial charge in [-0.2, -0.15) is 0 Å². The predicted octanol–water partition coefficient (Wildman–Crippen LogP) is 5.66. The second kappa shape index (κ2) is 9.31. The van der Waals surface area contributed by atoms with Crippen molar-refractivity contribution in [3.05, 3.63) is 0 Å². The van der Waals surface area contributed by atoms with Gasteiger partial charge in [0.05, 0.1) is 0 Å². The normalized spacial score (nSPS) is 22.6.